The van der Waals surface area contributed by atoms with Gasteiger partial charge in [0.1, 0.15) is 6.61 Å². The average Bonchev–Trinajstić information content (AvgIpc) is 2.23. The van der Waals surface area contributed by atoms with Crippen LogP contribution >= 0.6 is 0 Å². The van der Waals surface area contributed by atoms with Crippen molar-refractivity contribution < 1.29 is 23.1 Å². The third kappa shape index (κ3) is 4.49. The maximum atomic E-state index is 10.2. The Morgan fingerprint density at radius 3 is 2.00 bits per heavy atom. The molecule has 0 amide bonds. The molecule has 0 spiro atoms. The van der Waals surface area contributed by atoms with Crippen LogP contribution in [0.15, 0.2) is 0 Å². The van der Waals surface area contributed by atoms with Gasteiger partial charge in [0.25, 0.3) is 0 Å². The van der Waals surface area contributed by atoms with Gasteiger partial charge in [-0.2, -0.15) is 0 Å². The molecule has 0 aromatic carbocycles. The lowest BCUT2D eigenvalue weighted by atomic mass is 10.5. The van der Waals surface area contributed by atoms with Crippen molar-refractivity contribution in [2.24, 2.45) is 0 Å². The van der Waals surface area contributed by atoms with Gasteiger partial charge in [-0.25, -0.2) is 5.11 Å². The van der Waals surface area contributed by atoms with Crippen molar-refractivity contribution in [2.45, 2.75) is 19.1 Å². The summed E-state index contributed by atoms with van der Waals surface area (Å²) in [6.07, 6.45) is -0.0875. The third-order valence-electron chi connectivity index (χ3n) is 1.96. The molecule has 1 atom stereocenters. The summed E-state index contributed by atoms with van der Waals surface area (Å²) in [4.78, 5) is 0. The number of hydrogen-bond acceptors (Lipinski definition) is 4. The first-order chi connectivity index (χ1) is 6.64. The van der Waals surface area contributed by atoms with E-state index >= 15 is 0 Å². The van der Waals surface area contributed by atoms with E-state index in [1.54, 1.807) is 21.3 Å². The van der Waals surface area contributed by atoms with Crippen LogP contribution < -0.4 is 0 Å². The number of ether oxygens (including phenoxy) is 1. The fourth-order valence-corrected chi connectivity index (χ4v) is 2.98. The van der Waals surface area contributed by atoms with Crippen LogP contribution in [-0.4, -0.2) is 49.5 Å². The quantitative estimate of drug-likeness (QED) is 0.568. The predicted molar refractivity (Wildman–Crippen MR) is 52.6 cm³/mol. The monoisotopic (exact) mass is 223 g/mol. The molecule has 1 unspecified atom stereocenters. The maximum absolute atomic E-state index is 10.2. The van der Waals surface area contributed by atoms with Gasteiger partial charge in [-0.1, -0.05) is 0 Å². The number of rotatable bonds is 8. The molecular formula is C8H19O5Si. The SMILES string of the molecule is CO[Si](CC(C)OCC[O])(OC)OC. The molecule has 0 aromatic heterocycles. The molecule has 0 aliphatic carbocycles. The molecule has 6 heteroatoms. The van der Waals surface area contributed by atoms with E-state index in [2.05, 4.69) is 0 Å². The second kappa shape index (κ2) is 7.33. The van der Waals surface area contributed by atoms with Gasteiger partial charge in [0, 0.05) is 27.4 Å². The van der Waals surface area contributed by atoms with E-state index in [-0.39, 0.29) is 19.3 Å². The Morgan fingerprint density at radius 2 is 1.64 bits per heavy atom. The van der Waals surface area contributed by atoms with Gasteiger partial charge in [-0.3, -0.25) is 0 Å². The van der Waals surface area contributed by atoms with E-state index in [1.807, 2.05) is 6.92 Å². The van der Waals surface area contributed by atoms with Gasteiger partial charge in [-0.05, 0) is 6.92 Å². The molecule has 0 aliphatic heterocycles. The highest BCUT2D eigenvalue weighted by molar-refractivity contribution is 6.60. The molecule has 0 aliphatic rings. The second-order valence-electron chi connectivity index (χ2n) is 2.89. The highest BCUT2D eigenvalue weighted by atomic mass is 28.4. The Kier molecular flexibility index (Phi) is 7.34. The Balaban J connectivity index is 4.01. The highest BCUT2D eigenvalue weighted by Crippen LogP contribution is 2.16. The molecule has 5 nitrogen and oxygen atoms in total. The summed E-state index contributed by atoms with van der Waals surface area (Å²) < 4.78 is 20.9. The largest absolute Gasteiger partial charge is 0.502 e. The molecule has 0 saturated heterocycles. The summed E-state index contributed by atoms with van der Waals surface area (Å²) in [6, 6.07) is 0.552. The van der Waals surface area contributed by atoms with Gasteiger partial charge in [0.2, 0.25) is 0 Å². The fourth-order valence-electron chi connectivity index (χ4n) is 1.16. The average molecular weight is 223 g/mol. The minimum absolute atomic E-state index is 0.0875. The summed E-state index contributed by atoms with van der Waals surface area (Å²) in [5.41, 5.74) is 0. The zero-order valence-electron chi connectivity index (χ0n) is 9.24. The summed E-state index contributed by atoms with van der Waals surface area (Å²) >= 11 is 0. The Bertz CT molecular complexity index is 131. The van der Waals surface area contributed by atoms with Crippen LogP contribution in [0.3, 0.4) is 0 Å². The van der Waals surface area contributed by atoms with Crippen molar-refractivity contribution in [3.63, 3.8) is 0 Å². The van der Waals surface area contributed by atoms with Crippen LogP contribution in [0.2, 0.25) is 6.04 Å². The van der Waals surface area contributed by atoms with Gasteiger partial charge in [0.15, 0.2) is 0 Å². The van der Waals surface area contributed by atoms with E-state index in [9.17, 15) is 5.11 Å². The van der Waals surface area contributed by atoms with Crippen molar-refractivity contribution >= 4 is 8.80 Å². The van der Waals surface area contributed by atoms with Gasteiger partial charge >= 0.3 is 8.80 Å². The van der Waals surface area contributed by atoms with Crippen molar-refractivity contribution in [1.82, 2.24) is 0 Å². The van der Waals surface area contributed by atoms with Crippen molar-refractivity contribution in [1.29, 1.82) is 0 Å². The van der Waals surface area contributed by atoms with Gasteiger partial charge in [-0.15, -0.1) is 0 Å². The van der Waals surface area contributed by atoms with Crippen molar-refractivity contribution in [2.75, 3.05) is 34.5 Å². The molecule has 0 saturated carbocycles. The minimum Gasteiger partial charge on any atom is -0.377 e. The molecule has 0 rings (SSSR count). The Morgan fingerprint density at radius 1 is 1.14 bits per heavy atom. The Hall–Kier alpha value is 0.0169. The van der Waals surface area contributed by atoms with Crippen LogP contribution in [0, 0.1) is 0 Å². The van der Waals surface area contributed by atoms with Crippen LogP contribution in [0.4, 0.5) is 0 Å². The molecule has 0 bridgehead atoms. The molecule has 0 aromatic rings. The van der Waals surface area contributed by atoms with Gasteiger partial charge < -0.3 is 18.0 Å². The van der Waals surface area contributed by atoms with Crippen LogP contribution in [0.25, 0.3) is 0 Å². The summed E-state index contributed by atoms with van der Waals surface area (Å²) in [5, 5.41) is 10.2. The molecule has 0 heterocycles. The third-order valence-corrected chi connectivity index (χ3v) is 4.90. The molecule has 0 N–H and O–H groups in total. The maximum Gasteiger partial charge on any atom is 0.502 e. The zero-order valence-corrected chi connectivity index (χ0v) is 10.2. The molecule has 1 radical (unpaired) electrons. The van der Waals surface area contributed by atoms with E-state index in [0.29, 0.717) is 6.04 Å². The first kappa shape index (κ1) is 14.0. The lowest BCUT2D eigenvalue weighted by Gasteiger charge is -2.26. The molecule has 14 heavy (non-hydrogen) atoms. The topological polar surface area (TPSA) is 56.8 Å². The summed E-state index contributed by atoms with van der Waals surface area (Å²) in [7, 11) is 2.11. The van der Waals surface area contributed by atoms with Crippen LogP contribution in [-0.2, 0) is 23.1 Å². The highest BCUT2D eigenvalue weighted by Gasteiger charge is 2.39. The van der Waals surface area contributed by atoms with E-state index in [0.717, 1.165) is 0 Å². The fraction of sp³-hybridized carbons (Fsp3) is 1.00. The minimum atomic E-state index is -2.56. The van der Waals surface area contributed by atoms with Gasteiger partial charge in [0.05, 0.1) is 12.7 Å². The van der Waals surface area contributed by atoms with E-state index < -0.39 is 8.80 Å². The second-order valence-corrected chi connectivity index (χ2v) is 5.88. The zero-order chi connectivity index (χ0) is 11.0. The Labute approximate surface area is 86.3 Å². The standard InChI is InChI=1S/C8H19O5Si/c1-8(13-6-5-9)7-14(10-2,11-3)12-4/h8H,5-7H2,1-4H3. The lowest BCUT2D eigenvalue weighted by molar-refractivity contribution is 0.0169. The first-order valence-corrected chi connectivity index (χ1v) is 6.42. The molecular weight excluding hydrogens is 204 g/mol. The molecule has 0 fully saturated rings. The van der Waals surface area contributed by atoms with Crippen molar-refractivity contribution in [3.8, 4) is 0 Å². The van der Waals surface area contributed by atoms with Crippen molar-refractivity contribution in [3.05, 3.63) is 0 Å². The summed E-state index contributed by atoms with van der Waals surface area (Å²) in [5.74, 6) is 0. The lowest BCUT2D eigenvalue weighted by Crippen LogP contribution is -2.45. The number of hydrogen-bond donors (Lipinski definition) is 0. The summed E-state index contributed by atoms with van der Waals surface area (Å²) in [6.45, 7) is 1.85. The van der Waals surface area contributed by atoms with E-state index in [1.165, 1.54) is 0 Å². The van der Waals surface area contributed by atoms with Crippen LogP contribution in [0.5, 0.6) is 0 Å². The molecule has 85 valence electrons. The predicted octanol–water partition coefficient (Wildman–Crippen LogP) is 0.700. The van der Waals surface area contributed by atoms with E-state index in [4.69, 9.17) is 18.0 Å². The smallest absolute Gasteiger partial charge is 0.377 e. The first-order valence-electron chi connectivity index (χ1n) is 4.49. The van der Waals surface area contributed by atoms with Crippen LogP contribution in [0.1, 0.15) is 6.92 Å². The normalized spacial score (nSPS) is 14.4.